The first kappa shape index (κ1) is 26.0. The van der Waals surface area contributed by atoms with Crippen molar-refractivity contribution in [2.45, 2.75) is 30.8 Å². The first-order valence-electron chi connectivity index (χ1n) is 11.4. The molecule has 0 saturated carbocycles. The van der Waals surface area contributed by atoms with Crippen molar-refractivity contribution in [1.29, 1.82) is 0 Å². The third kappa shape index (κ3) is 6.00. The van der Waals surface area contributed by atoms with Crippen LogP contribution in [0.5, 0.6) is 0 Å². The summed E-state index contributed by atoms with van der Waals surface area (Å²) in [5, 5.41) is 3.00. The van der Waals surface area contributed by atoms with E-state index in [4.69, 9.17) is 23.2 Å². The molecule has 0 radical (unpaired) electrons. The van der Waals surface area contributed by atoms with E-state index in [-0.39, 0.29) is 33.1 Å². The number of hydrogen-bond donors (Lipinski definition) is 1. The molecule has 4 rings (SSSR count). The SMILES string of the molecule is O=C(CN(c1cccc(Cl)c1Cl)S(=O)(=O)c1ccccc1)NCc1cccc(CN2CCCC2=O)c1. The van der Waals surface area contributed by atoms with E-state index < -0.39 is 22.5 Å². The molecule has 36 heavy (non-hydrogen) atoms. The molecular weight excluding hydrogens is 521 g/mol. The highest BCUT2D eigenvalue weighted by Crippen LogP contribution is 2.35. The molecule has 0 bridgehead atoms. The highest BCUT2D eigenvalue weighted by atomic mass is 35.5. The van der Waals surface area contributed by atoms with Crippen LogP contribution in [-0.2, 0) is 32.7 Å². The molecule has 1 heterocycles. The number of rotatable bonds is 9. The standard InChI is InChI=1S/C26H25Cl2N3O4S/c27-22-11-5-12-23(26(22)28)31(36(34,35)21-9-2-1-3-10-21)18-24(32)29-16-19-7-4-8-20(15-19)17-30-14-6-13-25(30)33/h1-5,7-12,15H,6,13-14,16-18H2,(H,29,32). The summed E-state index contributed by atoms with van der Waals surface area (Å²) in [5.74, 6) is -0.362. The minimum atomic E-state index is -4.10. The molecule has 10 heteroatoms. The number of sulfonamides is 1. The molecule has 1 aliphatic heterocycles. The van der Waals surface area contributed by atoms with Gasteiger partial charge in [0.15, 0.2) is 0 Å². The van der Waals surface area contributed by atoms with Crippen molar-refractivity contribution < 1.29 is 18.0 Å². The van der Waals surface area contributed by atoms with Gasteiger partial charge in [0.05, 0.1) is 20.6 Å². The molecule has 1 saturated heterocycles. The third-order valence-corrected chi connectivity index (χ3v) is 8.43. The molecular formula is C26H25Cl2N3O4S. The molecule has 1 aliphatic rings. The lowest BCUT2D eigenvalue weighted by Crippen LogP contribution is -2.40. The Balaban J connectivity index is 1.50. The Hall–Kier alpha value is -3.07. The van der Waals surface area contributed by atoms with Gasteiger partial charge in [-0.15, -0.1) is 0 Å². The van der Waals surface area contributed by atoms with Gasteiger partial charge in [-0.3, -0.25) is 13.9 Å². The van der Waals surface area contributed by atoms with Crippen LogP contribution in [0.4, 0.5) is 5.69 Å². The van der Waals surface area contributed by atoms with Crippen molar-refractivity contribution in [2.75, 3.05) is 17.4 Å². The molecule has 2 amide bonds. The van der Waals surface area contributed by atoms with Crippen molar-refractivity contribution in [3.8, 4) is 0 Å². The van der Waals surface area contributed by atoms with E-state index in [1.165, 1.54) is 18.2 Å². The predicted octanol–water partition coefficient (Wildman–Crippen LogP) is 4.63. The zero-order valence-electron chi connectivity index (χ0n) is 19.4. The number of nitrogens with zero attached hydrogens (tertiary/aromatic N) is 2. The van der Waals surface area contributed by atoms with Gasteiger partial charge in [0.1, 0.15) is 6.54 Å². The molecule has 3 aromatic rings. The largest absolute Gasteiger partial charge is 0.350 e. The van der Waals surface area contributed by atoms with Crippen molar-refractivity contribution in [1.82, 2.24) is 10.2 Å². The summed E-state index contributed by atoms with van der Waals surface area (Å²) in [6, 6.07) is 20.0. The molecule has 1 fully saturated rings. The zero-order valence-corrected chi connectivity index (χ0v) is 21.7. The molecule has 0 atom stereocenters. The fourth-order valence-corrected chi connectivity index (χ4v) is 5.92. The van der Waals surface area contributed by atoms with Gasteiger partial charge in [-0.25, -0.2) is 8.42 Å². The van der Waals surface area contributed by atoms with Crippen molar-refractivity contribution in [3.05, 3.63) is 94.0 Å². The van der Waals surface area contributed by atoms with Gasteiger partial charge in [0, 0.05) is 26.1 Å². The maximum Gasteiger partial charge on any atom is 0.264 e. The Kier molecular flexibility index (Phi) is 8.18. The van der Waals surface area contributed by atoms with Crippen LogP contribution < -0.4 is 9.62 Å². The fraction of sp³-hybridized carbons (Fsp3) is 0.231. The summed E-state index contributed by atoms with van der Waals surface area (Å²) in [6.45, 7) is 0.983. The van der Waals surface area contributed by atoms with Crippen LogP contribution in [0.25, 0.3) is 0 Å². The highest BCUT2D eigenvalue weighted by molar-refractivity contribution is 7.92. The second-order valence-electron chi connectivity index (χ2n) is 8.41. The molecule has 0 spiro atoms. The fourth-order valence-electron chi connectivity index (χ4n) is 4.02. The first-order valence-corrected chi connectivity index (χ1v) is 13.6. The lowest BCUT2D eigenvalue weighted by Gasteiger charge is -2.25. The lowest BCUT2D eigenvalue weighted by atomic mass is 10.1. The van der Waals surface area contributed by atoms with Crippen LogP contribution in [0, 0.1) is 0 Å². The van der Waals surface area contributed by atoms with E-state index in [2.05, 4.69) is 5.32 Å². The van der Waals surface area contributed by atoms with Gasteiger partial charge >= 0.3 is 0 Å². The Bertz CT molecular complexity index is 1370. The summed E-state index contributed by atoms with van der Waals surface area (Å²) in [5.41, 5.74) is 1.92. The summed E-state index contributed by atoms with van der Waals surface area (Å²) >= 11 is 12.5. The molecule has 7 nitrogen and oxygen atoms in total. The Labute approximate surface area is 220 Å². The smallest absolute Gasteiger partial charge is 0.264 e. The summed E-state index contributed by atoms with van der Waals surface area (Å²) < 4.78 is 27.9. The highest BCUT2D eigenvalue weighted by Gasteiger charge is 2.29. The Morgan fingerprint density at radius 1 is 0.972 bits per heavy atom. The maximum atomic E-state index is 13.5. The number of nitrogens with one attached hydrogen (secondary N) is 1. The number of benzene rings is 3. The molecule has 0 aromatic heterocycles. The van der Waals surface area contributed by atoms with Gasteiger partial charge in [-0.05, 0) is 41.8 Å². The molecule has 188 valence electrons. The number of anilines is 1. The second kappa shape index (κ2) is 11.3. The normalized spacial score (nSPS) is 13.6. The van der Waals surface area contributed by atoms with E-state index in [0.29, 0.717) is 13.0 Å². The summed E-state index contributed by atoms with van der Waals surface area (Å²) in [7, 11) is -4.10. The number of likely N-dealkylation sites (tertiary alicyclic amines) is 1. The number of carbonyl (C=O) groups is 2. The quantitative estimate of drug-likeness (QED) is 0.424. The van der Waals surface area contributed by atoms with Gasteiger partial charge in [-0.2, -0.15) is 0 Å². The average molecular weight is 546 g/mol. The Morgan fingerprint density at radius 2 is 1.69 bits per heavy atom. The molecule has 0 aliphatic carbocycles. The maximum absolute atomic E-state index is 13.5. The van der Waals surface area contributed by atoms with Gasteiger partial charge in [0.25, 0.3) is 10.0 Å². The van der Waals surface area contributed by atoms with Crippen LogP contribution in [-0.4, -0.2) is 38.2 Å². The van der Waals surface area contributed by atoms with Crippen LogP contribution in [0.3, 0.4) is 0 Å². The summed E-state index contributed by atoms with van der Waals surface area (Å²) in [4.78, 5) is 26.7. The lowest BCUT2D eigenvalue weighted by molar-refractivity contribution is -0.128. The first-order chi connectivity index (χ1) is 17.3. The second-order valence-corrected chi connectivity index (χ2v) is 11.1. The average Bonchev–Trinajstić information content (AvgIpc) is 3.28. The van der Waals surface area contributed by atoms with Gasteiger partial charge < -0.3 is 10.2 Å². The van der Waals surface area contributed by atoms with Gasteiger partial charge in [0.2, 0.25) is 11.8 Å². The van der Waals surface area contributed by atoms with Crippen LogP contribution >= 0.6 is 23.2 Å². The molecule has 3 aromatic carbocycles. The van der Waals surface area contributed by atoms with Crippen LogP contribution in [0.15, 0.2) is 77.7 Å². The van der Waals surface area contributed by atoms with E-state index >= 15 is 0 Å². The van der Waals surface area contributed by atoms with Crippen molar-refractivity contribution >= 4 is 50.7 Å². The molecule has 0 unspecified atom stereocenters. The number of carbonyl (C=O) groups excluding carboxylic acids is 2. The van der Waals surface area contributed by atoms with Crippen molar-refractivity contribution in [3.63, 3.8) is 0 Å². The Morgan fingerprint density at radius 3 is 2.42 bits per heavy atom. The number of amides is 2. The van der Waals surface area contributed by atoms with Gasteiger partial charge in [-0.1, -0.05) is 71.7 Å². The number of halogens is 2. The monoisotopic (exact) mass is 545 g/mol. The predicted molar refractivity (Wildman–Crippen MR) is 140 cm³/mol. The van der Waals surface area contributed by atoms with Crippen molar-refractivity contribution in [2.24, 2.45) is 0 Å². The molecule has 1 N–H and O–H groups in total. The van der Waals surface area contributed by atoms with Crippen LogP contribution in [0.2, 0.25) is 10.0 Å². The minimum absolute atomic E-state index is 0.0259. The number of hydrogen-bond acceptors (Lipinski definition) is 4. The van der Waals surface area contributed by atoms with Crippen LogP contribution in [0.1, 0.15) is 24.0 Å². The minimum Gasteiger partial charge on any atom is -0.350 e. The summed E-state index contributed by atoms with van der Waals surface area (Å²) in [6.07, 6.45) is 1.45. The van der Waals surface area contributed by atoms with E-state index in [9.17, 15) is 18.0 Å². The third-order valence-electron chi connectivity index (χ3n) is 5.84. The zero-order chi connectivity index (χ0) is 25.7. The van der Waals surface area contributed by atoms with E-state index in [1.54, 1.807) is 30.3 Å². The van der Waals surface area contributed by atoms with E-state index in [1.807, 2.05) is 29.2 Å². The van der Waals surface area contributed by atoms with E-state index in [0.717, 1.165) is 28.4 Å². The topological polar surface area (TPSA) is 86.8 Å².